The molecule has 1 aromatic heterocycles. The summed E-state index contributed by atoms with van der Waals surface area (Å²) in [6.07, 6.45) is 3.35. The first-order valence-corrected chi connectivity index (χ1v) is 2.87. The fourth-order valence-corrected chi connectivity index (χ4v) is 0.454. The molecule has 4 heteroatoms. The van der Waals surface area contributed by atoms with Gasteiger partial charge >= 0.3 is 6.01 Å². The van der Waals surface area contributed by atoms with Crippen molar-refractivity contribution in [1.82, 2.24) is 10.1 Å². The quantitative estimate of drug-likeness (QED) is 0.647. The molecule has 0 bridgehead atoms. The van der Waals surface area contributed by atoms with E-state index in [0.717, 1.165) is 13.0 Å². The molecular formula is C5H8N3O. The zero-order valence-electron chi connectivity index (χ0n) is 5.22. The smallest absolute Gasteiger partial charge is 0.321 e. The van der Waals surface area contributed by atoms with E-state index in [1.165, 1.54) is 0 Å². The molecule has 1 aromatic rings. The Bertz CT molecular complexity index is 149. The van der Waals surface area contributed by atoms with Gasteiger partial charge in [0, 0.05) is 6.54 Å². The second-order valence-electron chi connectivity index (χ2n) is 1.63. The van der Waals surface area contributed by atoms with Gasteiger partial charge in [-0.3, -0.25) is 0 Å². The highest BCUT2D eigenvalue weighted by molar-refractivity contribution is 5.14. The van der Waals surface area contributed by atoms with Crippen molar-refractivity contribution in [3.05, 3.63) is 6.33 Å². The minimum Gasteiger partial charge on any atom is -0.338 e. The predicted octanol–water partition coefficient (Wildman–Crippen LogP) is 0.692. The summed E-state index contributed by atoms with van der Waals surface area (Å²) in [5, 5.41) is 6.20. The second-order valence-corrected chi connectivity index (χ2v) is 1.63. The lowest BCUT2D eigenvalue weighted by Gasteiger charge is -1.92. The fourth-order valence-electron chi connectivity index (χ4n) is 0.454. The van der Waals surface area contributed by atoms with E-state index in [9.17, 15) is 0 Å². The summed E-state index contributed by atoms with van der Waals surface area (Å²) in [5.41, 5.74) is 0. The van der Waals surface area contributed by atoms with E-state index in [4.69, 9.17) is 0 Å². The maximum absolute atomic E-state index is 4.61. The van der Waals surface area contributed by atoms with Crippen molar-refractivity contribution in [3.8, 4) is 0 Å². The van der Waals surface area contributed by atoms with Crippen LogP contribution in [0, 0.1) is 6.33 Å². The Morgan fingerprint density at radius 2 is 2.67 bits per heavy atom. The van der Waals surface area contributed by atoms with Crippen LogP contribution in [0.2, 0.25) is 0 Å². The highest BCUT2D eigenvalue weighted by atomic mass is 16.5. The molecule has 0 saturated carbocycles. The van der Waals surface area contributed by atoms with Crippen LogP contribution in [0.3, 0.4) is 0 Å². The van der Waals surface area contributed by atoms with E-state index in [1.54, 1.807) is 0 Å². The standard InChI is InChI=1S/C5H8N3O/c1-2-3-6-5-7-4-8-9-5/h2-3H2,1H3,(H,6,7,8). The largest absolute Gasteiger partial charge is 0.338 e. The molecule has 0 aliphatic rings. The van der Waals surface area contributed by atoms with Crippen LogP contribution in [0.15, 0.2) is 4.52 Å². The summed E-state index contributed by atoms with van der Waals surface area (Å²) in [6.45, 7) is 2.92. The molecule has 1 N–H and O–H groups in total. The highest BCUT2D eigenvalue weighted by Crippen LogP contribution is 1.95. The Balaban J connectivity index is 2.30. The van der Waals surface area contributed by atoms with Crippen LogP contribution in [0.5, 0.6) is 0 Å². The molecule has 4 nitrogen and oxygen atoms in total. The number of aromatic nitrogens is 2. The van der Waals surface area contributed by atoms with Crippen LogP contribution in [0.1, 0.15) is 13.3 Å². The molecule has 0 saturated heterocycles. The van der Waals surface area contributed by atoms with E-state index >= 15 is 0 Å². The predicted molar refractivity (Wildman–Crippen MR) is 31.9 cm³/mol. The van der Waals surface area contributed by atoms with Crippen LogP contribution in [-0.2, 0) is 0 Å². The minimum atomic E-state index is 0.442. The molecule has 0 atom stereocenters. The van der Waals surface area contributed by atoms with Gasteiger partial charge in [0.2, 0.25) is 6.33 Å². The first-order valence-electron chi connectivity index (χ1n) is 2.87. The van der Waals surface area contributed by atoms with Gasteiger partial charge in [0.25, 0.3) is 0 Å². The molecule has 0 fully saturated rings. The van der Waals surface area contributed by atoms with Crippen molar-refractivity contribution in [2.45, 2.75) is 13.3 Å². The van der Waals surface area contributed by atoms with E-state index in [-0.39, 0.29) is 0 Å². The van der Waals surface area contributed by atoms with Crippen molar-refractivity contribution in [1.29, 1.82) is 0 Å². The minimum absolute atomic E-state index is 0.442. The maximum atomic E-state index is 4.61. The number of rotatable bonds is 3. The van der Waals surface area contributed by atoms with Gasteiger partial charge in [-0.05, 0) is 6.42 Å². The second kappa shape index (κ2) is 3.06. The molecule has 1 radical (unpaired) electrons. The molecule has 1 heterocycles. The molecule has 0 aliphatic carbocycles. The van der Waals surface area contributed by atoms with Gasteiger partial charge in [-0.1, -0.05) is 12.1 Å². The van der Waals surface area contributed by atoms with Gasteiger partial charge in [-0.15, -0.1) is 0 Å². The topological polar surface area (TPSA) is 51.0 Å². The Kier molecular flexibility index (Phi) is 2.06. The lowest BCUT2D eigenvalue weighted by Crippen LogP contribution is -1.98. The van der Waals surface area contributed by atoms with Crippen LogP contribution < -0.4 is 5.32 Å². The van der Waals surface area contributed by atoms with Crippen molar-refractivity contribution in [3.63, 3.8) is 0 Å². The molecule has 0 aromatic carbocycles. The van der Waals surface area contributed by atoms with Gasteiger partial charge in [0.05, 0.1) is 0 Å². The van der Waals surface area contributed by atoms with Crippen LogP contribution >= 0.6 is 0 Å². The average molecular weight is 126 g/mol. The third kappa shape index (κ3) is 1.71. The van der Waals surface area contributed by atoms with Crippen molar-refractivity contribution >= 4 is 6.01 Å². The first kappa shape index (κ1) is 6.07. The van der Waals surface area contributed by atoms with Crippen molar-refractivity contribution < 1.29 is 4.52 Å². The molecule has 9 heavy (non-hydrogen) atoms. The Morgan fingerprint density at radius 3 is 3.22 bits per heavy atom. The number of nitrogens with one attached hydrogen (secondary N) is 1. The number of hydrogen-bond donors (Lipinski definition) is 1. The lowest BCUT2D eigenvalue weighted by molar-refractivity contribution is 0.428. The maximum Gasteiger partial charge on any atom is 0.321 e. The Hall–Kier alpha value is -1.06. The van der Waals surface area contributed by atoms with E-state index in [0.29, 0.717) is 6.01 Å². The molecule has 0 unspecified atom stereocenters. The van der Waals surface area contributed by atoms with Crippen LogP contribution in [0.4, 0.5) is 6.01 Å². The van der Waals surface area contributed by atoms with Crippen LogP contribution in [-0.4, -0.2) is 16.7 Å². The summed E-state index contributed by atoms with van der Waals surface area (Å²) >= 11 is 0. The summed E-state index contributed by atoms with van der Waals surface area (Å²) in [6, 6.07) is 0.442. The van der Waals surface area contributed by atoms with E-state index in [2.05, 4.69) is 33.2 Å². The average Bonchev–Trinajstić information content (AvgIpc) is 2.34. The zero-order chi connectivity index (χ0) is 6.53. The zero-order valence-corrected chi connectivity index (χ0v) is 5.22. The summed E-state index contributed by atoms with van der Waals surface area (Å²) in [5.74, 6) is 0. The van der Waals surface area contributed by atoms with E-state index < -0.39 is 0 Å². The Labute approximate surface area is 53.3 Å². The van der Waals surface area contributed by atoms with Gasteiger partial charge < -0.3 is 9.84 Å². The molecule has 49 valence electrons. The highest BCUT2D eigenvalue weighted by Gasteiger charge is 1.92. The van der Waals surface area contributed by atoms with Gasteiger partial charge in [0.1, 0.15) is 0 Å². The number of anilines is 1. The molecule has 1 rings (SSSR count). The number of nitrogens with zero attached hydrogens (tertiary/aromatic N) is 2. The molecule has 0 spiro atoms. The summed E-state index contributed by atoms with van der Waals surface area (Å²) < 4.78 is 4.61. The third-order valence-electron chi connectivity index (χ3n) is 0.851. The number of hydrogen-bond acceptors (Lipinski definition) is 4. The normalized spacial score (nSPS) is 9.44. The van der Waals surface area contributed by atoms with Gasteiger partial charge in [-0.25, -0.2) is 0 Å². The molecule has 0 aliphatic heterocycles. The summed E-state index contributed by atoms with van der Waals surface area (Å²) in [4.78, 5) is 3.64. The van der Waals surface area contributed by atoms with Gasteiger partial charge in [0.15, 0.2) is 0 Å². The fraction of sp³-hybridized carbons (Fsp3) is 0.600. The van der Waals surface area contributed by atoms with Crippen LogP contribution in [0.25, 0.3) is 0 Å². The SMILES string of the molecule is CCCNc1n[c]no1. The lowest BCUT2D eigenvalue weighted by atomic mass is 10.5. The third-order valence-corrected chi connectivity index (χ3v) is 0.851. The van der Waals surface area contributed by atoms with E-state index in [1.807, 2.05) is 0 Å². The molecule has 0 amide bonds. The monoisotopic (exact) mass is 126 g/mol. The summed E-state index contributed by atoms with van der Waals surface area (Å²) in [7, 11) is 0. The van der Waals surface area contributed by atoms with Crippen molar-refractivity contribution in [2.24, 2.45) is 0 Å². The van der Waals surface area contributed by atoms with Crippen molar-refractivity contribution in [2.75, 3.05) is 11.9 Å². The first-order chi connectivity index (χ1) is 4.43. The Morgan fingerprint density at radius 1 is 1.78 bits per heavy atom. The molecular weight excluding hydrogens is 118 g/mol. The van der Waals surface area contributed by atoms with Gasteiger partial charge in [-0.2, -0.15) is 4.98 Å².